The summed E-state index contributed by atoms with van der Waals surface area (Å²) < 4.78 is 40.3. The van der Waals surface area contributed by atoms with E-state index in [2.05, 4.69) is 17.0 Å². The number of benzene rings is 1. The number of hydrogen-bond acceptors (Lipinski definition) is 3. The van der Waals surface area contributed by atoms with Crippen LogP contribution in [0.1, 0.15) is 25.3 Å². The van der Waals surface area contributed by atoms with Gasteiger partial charge in [0.1, 0.15) is 5.82 Å². The van der Waals surface area contributed by atoms with E-state index in [4.69, 9.17) is 0 Å². The molecule has 1 aromatic rings. The predicted octanol–water partition coefficient (Wildman–Crippen LogP) is 2.22. The van der Waals surface area contributed by atoms with Gasteiger partial charge < -0.3 is 5.32 Å². The first-order chi connectivity index (χ1) is 9.32. The maximum atomic E-state index is 13.2. The van der Waals surface area contributed by atoms with Crippen molar-refractivity contribution in [1.82, 2.24) is 10.0 Å². The third-order valence-corrected chi connectivity index (χ3v) is 5.34. The monoisotopic (exact) mass is 336 g/mol. The largest absolute Gasteiger partial charge is 0.317 e. The second kappa shape index (κ2) is 7.05. The lowest BCUT2D eigenvalue weighted by molar-refractivity contribution is 0.232. The number of halogens is 2. The number of nitrogens with one attached hydrogen (secondary N) is 2. The maximum absolute atomic E-state index is 13.2. The molecule has 2 N–H and O–H groups in total. The number of piperidine rings is 1. The topological polar surface area (TPSA) is 58.2 Å². The normalized spacial score (nSPS) is 18.0. The first-order valence-electron chi connectivity index (χ1n) is 6.79. The van der Waals surface area contributed by atoms with Crippen LogP contribution in [-0.4, -0.2) is 28.1 Å². The average molecular weight is 337 g/mol. The van der Waals surface area contributed by atoms with Gasteiger partial charge in [-0.3, -0.25) is 0 Å². The van der Waals surface area contributed by atoms with Gasteiger partial charge in [-0.1, -0.05) is 6.92 Å². The van der Waals surface area contributed by atoms with Crippen molar-refractivity contribution in [2.24, 2.45) is 5.41 Å². The summed E-state index contributed by atoms with van der Waals surface area (Å²) >= 11 is 0. The molecular weight excluding hydrogens is 315 g/mol. The summed E-state index contributed by atoms with van der Waals surface area (Å²) in [5, 5.41) is 3.26. The summed E-state index contributed by atoms with van der Waals surface area (Å²) in [6, 6.07) is 3.86. The fraction of sp³-hybridized carbons (Fsp3) is 0.571. The van der Waals surface area contributed by atoms with Crippen molar-refractivity contribution in [1.29, 1.82) is 0 Å². The molecule has 1 saturated heterocycles. The Hall–Kier alpha value is -0.690. The van der Waals surface area contributed by atoms with Crippen LogP contribution >= 0.6 is 12.4 Å². The molecule has 1 aliphatic rings. The fourth-order valence-corrected chi connectivity index (χ4v) is 3.63. The van der Waals surface area contributed by atoms with Gasteiger partial charge in [0, 0.05) is 6.54 Å². The highest BCUT2D eigenvalue weighted by molar-refractivity contribution is 7.89. The van der Waals surface area contributed by atoms with Crippen LogP contribution in [0, 0.1) is 18.2 Å². The van der Waals surface area contributed by atoms with Crippen LogP contribution in [0.2, 0.25) is 0 Å². The Labute approximate surface area is 132 Å². The van der Waals surface area contributed by atoms with Gasteiger partial charge >= 0.3 is 0 Å². The highest BCUT2D eigenvalue weighted by atomic mass is 35.5. The maximum Gasteiger partial charge on any atom is 0.240 e. The number of aryl methyl sites for hydroxylation is 1. The van der Waals surface area contributed by atoms with Crippen molar-refractivity contribution in [3.63, 3.8) is 0 Å². The van der Waals surface area contributed by atoms with Gasteiger partial charge in [-0.05, 0) is 62.0 Å². The lowest BCUT2D eigenvalue weighted by Crippen LogP contribution is -2.42. The lowest BCUT2D eigenvalue weighted by atomic mass is 9.81. The number of hydrogen-bond donors (Lipinski definition) is 2. The highest BCUT2D eigenvalue weighted by Crippen LogP contribution is 2.27. The van der Waals surface area contributed by atoms with Crippen LogP contribution in [0.3, 0.4) is 0 Å². The Kier molecular flexibility index (Phi) is 6.16. The smallest absolute Gasteiger partial charge is 0.240 e. The molecule has 0 unspecified atom stereocenters. The highest BCUT2D eigenvalue weighted by Gasteiger charge is 2.28. The minimum absolute atomic E-state index is 0. The van der Waals surface area contributed by atoms with Gasteiger partial charge in [0.25, 0.3) is 0 Å². The molecule has 0 bridgehead atoms. The van der Waals surface area contributed by atoms with Gasteiger partial charge in [0.2, 0.25) is 10.0 Å². The minimum Gasteiger partial charge on any atom is -0.317 e. The van der Waals surface area contributed by atoms with Crippen molar-refractivity contribution in [3.05, 3.63) is 29.6 Å². The van der Waals surface area contributed by atoms with Crippen LogP contribution < -0.4 is 10.0 Å². The molecule has 1 aromatic carbocycles. The minimum atomic E-state index is -3.57. The zero-order chi connectivity index (χ0) is 14.8. The summed E-state index contributed by atoms with van der Waals surface area (Å²) in [5.74, 6) is -0.394. The number of sulfonamides is 1. The summed E-state index contributed by atoms with van der Waals surface area (Å²) in [7, 11) is -3.57. The summed E-state index contributed by atoms with van der Waals surface area (Å²) in [4.78, 5) is 0.119. The molecule has 1 heterocycles. The van der Waals surface area contributed by atoms with Crippen molar-refractivity contribution in [2.75, 3.05) is 19.6 Å². The quantitative estimate of drug-likeness (QED) is 0.886. The van der Waals surface area contributed by atoms with Crippen molar-refractivity contribution >= 4 is 22.4 Å². The lowest BCUT2D eigenvalue weighted by Gasteiger charge is -2.34. The van der Waals surface area contributed by atoms with Crippen molar-refractivity contribution in [2.45, 2.75) is 31.6 Å². The van der Waals surface area contributed by atoms with Crippen LogP contribution in [0.4, 0.5) is 4.39 Å². The SMILES string of the molecule is Cc1cc(S(=O)(=O)NCC2(C)CCNCC2)ccc1F.Cl. The van der Waals surface area contributed by atoms with Crippen LogP contribution in [0.25, 0.3) is 0 Å². The average Bonchev–Trinajstić information content (AvgIpc) is 2.41. The summed E-state index contributed by atoms with van der Waals surface area (Å²) in [6.45, 7) is 5.88. The summed E-state index contributed by atoms with van der Waals surface area (Å²) in [6.07, 6.45) is 1.88. The molecule has 1 aliphatic heterocycles. The Morgan fingerprint density at radius 1 is 1.33 bits per heavy atom. The molecule has 7 heteroatoms. The third-order valence-electron chi connectivity index (χ3n) is 3.94. The zero-order valence-electron chi connectivity index (χ0n) is 12.3. The van der Waals surface area contributed by atoms with Gasteiger partial charge in [-0.25, -0.2) is 17.5 Å². The molecule has 4 nitrogen and oxygen atoms in total. The predicted molar refractivity (Wildman–Crippen MR) is 83.8 cm³/mol. The van der Waals surface area contributed by atoms with Crippen LogP contribution in [0.15, 0.2) is 23.1 Å². The van der Waals surface area contributed by atoms with E-state index in [0.717, 1.165) is 25.9 Å². The Bertz CT molecular complexity index is 587. The molecule has 21 heavy (non-hydrogen) atoms. The first-order valence-corrected chi connectivity index (χ1v) is 8.27. The molecule has 2 rings (SSSR count). The molecule has 0 saturated carbocycles. The van der Waals surface area contributed by atoms with Crippen LogP contribution in [-0.2, 0) is 10.0 Å². The van der Waals surface area contributed by atoms with Crippen molar-refractivity contribution < 1.29 is 12.8 Å². The van der Waals surface area contributed by atoms with E-state index in [1.807, 2.05) is 0 Å². The molecular formula is C14H22ClFN2O2S. The van der Waals surface area contributed by atoms with E-state index in [1.165, 1.54) is 18.2 Å². The van der Waals surface area contributed by atoms with E-state index < -0.39 is 15.8 Å². The summed E-state index contributed by atoms with van der Waals surface area (Å²) in [5.41, 5.74) is 0.314. The van der Waals surface area contributed by atoms with Gasteiger partial charge in [-0.2, -0.15) is 0 Å². The molecule has 0 aliphatic carbocycles. The van der Waals surface area contributed by atoms with E-state index >= 15 is 0 Å². The second-order valence-electron chi connectivity index (χ2n) is 5.80. The standard InChI is InChI=1S/C14H21FN2O2S.ClH/c1-11-9-12(3-4-13(11)15)20(18,19)17-10-14(2)5-7-16-8-6-14;/h3-4,9,16-17H,5-8,10H2,1-2H3;1H. The fourth-order valence-electron chi connectivity index (χ4n) is 2.34. The molecule has 0 spiro atoms. The Morgan fingerprint density at radius 3 is 2.52 bits per heavy atom. The van der Waals surface area contributed by atoms with Gasteiger partial charge in [0.05, 0.1) is 4.90 Å². The second-order valence-corrected chi connectivity index (χ2v) is 7.56. The van der Waals surface area contributed by atoms with E-state index in [1.54, 1.807) is 6.92 Å². The van der Waals surface area contributed by atoms with E-state index in [0.29, 0.717) is 12.1 Å². The van der Waals surface area contributed by atoms with Gasteiger partial charge in [0.15, 0.2) is 0 Å². The molecule has 0 atom stereocenters. The van der Waals surface area contributed by atoms with Gasteiger partial charge in [-0.15, -0.1) is 12.4 Å². The third kappa shape index (κ3) is 4.64. The van der Waals surface area contributed by atoms with Crippen molar-refractivity contribution in [3.8, 4) is 0 Å². The van der Waals surface area contributed by atoms with E-state index in [9.17, 15) is 12.8 Å². The number of rotatable bonds is 4. The molecule has 0 radical (unpaired) electrons. The first kappa shape index (κ1) is 18.4. The Morgan fingerprint density at radius 2 is 1.95 bits per heavy atom. The Balaban J connectivity index is 0.00000220. The van der Waals surface area contributed by atoms with Crippen LogP contribution in [0.5, 0.6) is 0 Å². The molecule has 1 fully saturated rings. The van der Waals surface area contributed by atoms with E-state index in [-0.39, 0.29) is 22.7 Å². The molecule has 0 amide bonds. The molecule has 0 aromatic heterocycles. The zero-order valence-corrected chi connectivity index (χ0v) is 13.9. The molecule has 120 valence electrons.